The molecule has 0 bridgehead atoms. The van der Waals surface area contributed by atoms with Gasteiger partial charge in [-0.15, -0.1) is 0 Å². The first-order valence-corrected chi connectivity index (χ1v) is 8.66. The molecule has 0 aromatic carbocycles. The maximum atomic E-state index is 10.8. The van der Waals surface area contributed by atoms with E-state index in [4.69, 9.17) is 4.74 Å². The van der Waals surface area contributed by atoms with Crippen molar-refractivity contribution in [3.05, 3.63) is 11.3 Å². The Kier molecular flexibility index (Phi) is 5.41. The number of hydrogen-bond acceptors (Lipinski definition) is 4. The highest BCUT2D eigenvalue weighted by molar-refractivity contribution is 5.30. The Bertz CT molecular complexity index is 523. The van der Waals surface area contributed by atoms with Crippen molar-refractivity contribution in [1.29, 1.82) is 0 Å². The molecule has 2 N–H and O–H groups in total. The summed E-state index contributed by atoms with van der Waals surface area (Å²) < 4.78 is 7.17. The number of rotatable bonds is 5. The van der Waals surface area contributed by atoms with E-state index in [1.165, 1.54) is 0 Å². The van der Waals surface area contributed by atoms with Crippen LogP contribution in [0.2, 0.25) is 0 Å². The number of hydrogen-bond donors (Lipinski definition) is 2. The van der Waals surface area contributed by atoms with Crippen LogP contribution in [0, 0.1) is 18.3 Å². The topological polar surface area (TPSA) is 59.3 Å². The van der Waals surface area contributed by atoms with Gasteiger partial charge in [0.25, 0.3) is 0 Å². The second-order valence-corrected chi connectivity index (χ2v) is 8.17. The van der Waals surface area contributed by atoms with E-state index in [2.05, 4.69) is 31.2 Å². The fraction of sp³-hybridized carbons (Fsp3) is 0.833. The van der Waals surface area contributed by atoms with Gasteiger partial charge < -0.3 is 15.2 Å². The number of aromatic nitrogens is 2. The Hall–Kier alpha value is -1.07. The lowest BCUT2D eigenvalue weighted by Gasteiger charge is -2.41. The second kappa shape index (κ2) is 6.81. The predicted octanol–water partition coefficient (Wildman–Crippen LogP) is 2.79. The highest BCUT2D eigenvalue weighted by Gasteiger charge is 2.37. The SMILES string of the molecule is COc1c(CNCC2(O)CCC(C(C)(C)C)CC2)c(C)nn1C. The number of nitrogens with zero attached hydrogens (tertiary/aromatic N) is 2. The van der Waals surface area contributed by atoms with Gasteiger partial charge in [0, 0.05) is 20.1 Å². The molecule has 23 heavy (non-hydrogen) atoms. The fourth-order valence-electron chi connectivity index (χ4n) is 3.76. The molecule has 5 nitrogen and oxygen atoms in total. The van der Waals surface area contributed by atoms with Gasteiger partial charge in [0.15, 0.2) is 0 Å². The van der Waals surface area contributed by atoms with Crippen molar-refractivity contribution in [2.45, 2.75) is 65.5 Å². The van der Waals surface area contributed by atoms with E-state index >= 15 is 0 Å². The third-order valence-electron chi connectivity index (χ3n) is 5.38. The lowest BCUT2D eigenvalue weighted by molar-refractivity contribution is -0.0239. The Morgan fingerprint density at radius 3 is 2.48 bits per heavy atom. The summed E-state index contributed by atoms with van der Waals surface area (Å²) >= 11 is 0. The zero-order chi connectivity index (χ0) is 17.3. The van der Waals surface area contributed by atoms with E-state index in [0.717, 1.165) is 42.8 Å². The molecule has 1 aromatic heterocycles. The summed E-state index contributed by atoms with van der Waals surface area (Å²) in [7, 11) is 3.55. The van der Waals surface area contributed by atoms with Crippen LogP contribution in [0.25, 0.3) is 0 Å². The van der Waals surface area contributed by atoms with Gasteiger partial charge in [0.1, 0.15) is 0 Å². The highest BCUT2D eigenvalue weighted by atomic mass is 16.5. The van der Waals surface area contributed by atoms with Gasteiger partial charge in [-0.2, -0.15) is 5.10 Å². The van der Waals surface area contributed by atoms with E-state index in [0.29, 0.717) is 24.4 Å². The van der Waals surface area contributed by atoms with Gasteiger partial charge in [-0.3, -0.25) is 0 Å². The molecule has 0 amide bonds. The number of aryl methyl sites for hydroxylation is 2. The average Bonchev–Trinajstić information content (AvgIpc) is 2.72. The lowest BCUT2D eigenvalue weighted by atomic mass is 9.68. The van der Waals surface area contributed by atoms with Crippen LogP contribution in [-0.2, 0) is 13.6 Å². The van der Waals surface area contributed by atoms with Crippen molar-refractivity contribution in [1.82, 2.24) is 15.1 Å². The molecule has 0 aliphatic heterocycles. The summed E-state index contributed by atoms with van der Waals surface area (Å²) in [5, 5.41) is 18.6. The third kappa shape index (κ3) is 4.27. The summed E-state index contributed by atoms with van der Waals surface area (Å²) in [6, 6.07) is 0. The number of ether oxygens (including phenoxy) is 1. The van der Waals surface area contributed by atoms with Crippen LogP contribution >= 0.6 is 0 Å². The molecule has 1 fully saturated rings. The first-order chi connectivity index (χ1) is 10.7. The van der Waals surface area contributed by atoms with Crippen LogP contribution in [0.1, 0.15) is 57.7 Å². The fourth-order valence-corrected chi connectivity index (χ4v) is 3.76. The van der Waals surface area contributed by atoms with Crippen molar-refractivity contribution in [2.24, 2.45) is 18.4 Å². The first-order valence-electron chi connectivity index (χ1n) is 8.66. The van der Waals surface area contributed by atoms with Gasteiger partial charge in [0.05, 0.1) is 24.0 Å². The quantitative estimate of drug-likeness (QED) is 0.875. The molecule has 0 radical (unpaired) electrons. The van der Waals surface area contributed by atoms with Crippen LogP contribution in [0.15, 0.2) is 0 Å². The third-order valence-corrected chi connectivity index (χ3v) is 5.38. The van der Waals surface area contributed by atoms with Crippen molar-refractivity contribution < 1.29 is 9.84 Å². The molecule has 1 aromatic rings. The predicted molar refractivity (Wildman–Crippen MR) is 92.6 cm³/mol. The maximum absolute atomic E-state index is 10.8. The summed E-state index contributed by atoms with van der Waals surface area (Å²) in [6.45, 7) is 10.2. The van der Waals surface area contributed by atoms with Crippen LogP contribution < -0.4 is 10.1 Å². The number of methoxy groups -OCH3 is 1. The van der Waals surface area contributed by atoms with Crippen LogP contribution in [0.5, 0.6) is 5.88 Å². The molecule has 132 valence electrons. The smallest absolute Gasteiger partial charge is 0.216 e. The summed E-state index contributed by atoms with van der Waals surface area (Å²) in [6.07, 6.45) is 3.98. The lowest BCUT2D eigenvalue weighted by Crippen LogP contribution is -2.44. The highest BCUT2D eigenvalue weighted by Crippen LogP contribution is 2.41. The second-order valence-electron chi connectivity index (χ2n) is 8.17. The van der Waals surface area contributed by atoms with E-state index in [1.807, 2.05) is 14.0 Å². The van der Waals surface area contributed by atoms with Gasteiger partial charge in [-0.1, -0.05) is 20.8 Å². The minimum atomic E-state index is -0.578. The Balaban J connectivity index is 1.87. The monoisotopic (exact) mass is 323 g/mol. The molecule has 1 heterocycles. The molecule has 0 atom stereocenters. The Labute approximate surface area is 140 Å². The van der Waals surface area contributed by atoms with Crippen molar-refractivity contribution in [3.63, 3.8) is 0 Å². The normalized spacial score (nSPS) is 25.6. The minimum Gasteiger partial charge on any atom is -0.481 e. The number of nitrogens with one attached hydrogen (secondary N) is 1. The van der Waals surface area contributed by atoms with E-state index in [9.17, 15) is 5.11 Å². The molecule has 1 aliphatic rings. The van der Waals surface area contributed by atoms with E-state index in [-0.39, 0.29) is 0 Å². The molecular weight excluding hydrogens is 290 g/mol. The Morgan fingerprint density at radius 2 is 1.96 bits per heavy atom. The number of aliphatic hydroxyl groups is 1. The molecule has 1 aliphatic carbocycles. The van der Waals surface area contributed by atoms with Gasteiger partial charge >= 0.3 is 0 Å². The molecule has 0 saturated heterocycles. The molecule has 0 spiro atoms. The molecule has 0 unspecified atom stereocenters. The van der Waals surface area contributed by atoms with Crippen LogP contribution in [-0.4, -0.2) is 34.1 Å². The van der Waals surface area contributed by atoms with Crippen molar-refractivity contribution in [2.75, 3.05) is 13.7 Å². The Morgan fingerprint density at radius 1 is 1.35 bits per heavy atom. The van der Waals surface area contributed by atoms with E-state index < -0.39 is 5.60 Å². The standard InChI is InChI=1S/C18H33N3O2/c1-13-15(16(23-6)21(5)20-13)11-19-12-18(22)9-7-14(8-10-18)17(2,3)4/h14,19,22H,7-12H2,1-6H3. The van der Waals surface area contributed by atoms with Crippen molar-refractivity contribution in [3.8, 4) is 5.88 Å². The zero-order valence-electron chi connectivity index (χ0n) is 15.6. The summed E-state index contributed by atoms with van der Waals surface area (Å²) in [4.78, 5) is 0. The van der Waals surface area contributed by atoms with E-state index in [1.54, 1.807) is 11.8 Å². The van der Waals surface area contributed by atoms with Crippen LogP contribution in [0.3, 0.4) is 0 Å². The average molecular weight is 323 g/mol. The minimum absolute atomic E-state index is 0.342. The van der Waals surface area contributed by atoms with Gasteiger partial charge in [-0.05, 0) is 43.9 Å². The summed E-state index contributed by atoms with van der Waals surface area (Å²) in [5.74, 6) is 1.50. The van der Waals surface area contributed by atoms with Gasteiger partial charge in [-0.25, -0.2) is 4.68 Å². The first kappa shape index (κ1) is 18.3. The molecule has 2 rings (SSSR count). The summed E-state index contributed by atoms with van der Waals surface area (Å²) in [5.41, 5.74) is 1.81. The zero-order valence-corrected chi connectivity index (χ0v) is 15.6. The van der Waals surface area contributed by atoms with Gasteiger partial charge in [0.2, 0.25) is 5.88 Å². The van der Waals surface area contributed by atoms with Crippen LogP contribution in [0.4, 0.5) is 0 Å². The van der Waals surface area contributed by atoms with Crippen molar-refractivity contribution >= 4 is 0 Å². The molecule has 5 heteroatoms. The maximum Gasteiger partial charge on any atom is 0.216 e. The largest absolute Gasteiger partial charge is 0.481 e. The molecule has 1 saturated carbocycles. The molecular formula is C18H33N3O2.